The maximum absolute atomic E-state index is 12.5. The fourth-order valence-electron chi connectivity index (χ4n) is 4.22. The minimum Gasteiger partial charge on any atom is -0.380 e. The monoisotopic (exact) mass is 421 g/mol. The van der Waals surface area contributed by atoms with Gasteiger partial charge in [-0.2, -0.15) is 0 Å². The molecule has 0 unspecified atom stereocenters. The van der Waals surface area contributed by atoms with E-state index in [4.69, 9.17) is 4.74 Å². The van der Waals surface area contributed by atoms with E-state index in [1.807, 2.05) is 13.1 Å². The van der Waals surface area contributed by atoms with Crippen LogP contribution in [0.3, 0.4) is 0 Å². The number of pyridine rings is 2. The van der Waals surface area contributed by atoms with E-state index in [1.165, 1.54) is 0 Å². The quantitative estimate of drug-likeness (QED) is 0.662. The van der Waals surface area contributed by atoms with Gasteiger partial charge >= 0.3 is 0 Å². The Labute approximate surface area is 181 Å². The van der Waals surface area contributed by atoms with Gasteiger partial charge in [0.2, 0.25) is 5.91 Å². The first kappa shape index (κ1) is 19.9. The highest BCUT2D eigenvalue weighted by molar-refractivity contribution is 6.02. The lowest BCUT2D eigenvalue weighted by Gasteiger charge is -2.56. The summed E-state index contributed by atoms with van der Waals surface area (Å²) in [5.41, 5.74) is 4.44. The van der Waals surface area contributed by atoms with Crippen LogP contribution in [0.25, 0.3) is 0 Å². The van der Waals surface area contributed by atoms with Crippen LogP contribution < -0.4 is 15.5 Å². The Morgan fingerprint density at radius 2 is 1.97 bits per heavy atom. The molecule has 31 heavy (non-hydrogen) atoms. The Morgan fingerprint density at radius 1 is 1.19 bits per heavy atom. The smallest absolute Gasteiger partial charge is 0.228 e. The van der Waals surface area contributed by atoms with E-state index in [9.17, 15) is 9.59 Å². The maximum atomic E-state index is 12.5. The minimum atomic E-state index is -0.0143. The minimum absolute atomic E-state index is 0.00787. The molecule has 1 spiro atoms. The SMILES string of the molecule is CCC(=O)c1cnc(NC(=O)C2CC2)cc1Nc1cncc(N2CC3(COC3)C2)c1C. The molecule has 8 heteroatoms. The Morgan fingerprint density at radius 3 is 2.61 bits per heavy atom. The van der Waals surface area contributed by atoms with Crippen molar-refractivity contribution < 1.29 is 14.3 Å². The molecule has 2 N–H and O–H groups in total. The van der Waals surface area contributed by atoms with E-state index in [0.29, 0.717) is 28.9 Å². The third-order valence-corrected chi connectivity index (χ3v) is 6.39. The van der Waals surface area contributed by atoms with E-state index in [2.05, 4.69) is 32.4 Å². The van der Waals surface area contributed by atoms with Gasteiger partial charge in [0.1, 0.15) is 5.82 Å². The van der Waals surface area contributed by atoms with Gasteiger partial charge in [0.25, 0.3) is 0 Å². The number of ketones is 1. The number of hydrogen-bond acceptors (Lipinski definition) is 7. The molecule has 0 atom stereocenters. The van der Waals surface area contributed by atoms with E-state index < -0.39 is 0 Å². The lowest BCUT2D eigenvalue weighted by atomic mass is 9.77. The Balaban J connectivity index is 1.40. The number of carbonyl (C=O) groups excluding carboxylic acids is 2. The van der Waals surface area contributed by atoms with Crippen LogP contribution in [0.2, 0.25) is 0 Å². The van der Waals surface area contributed by atoms with Crippen LogP contribution >= 0.6 is 0 Å². The average Bonchev–Trinajstić information content (AvgIpc) is 3.53. The first-order chi connectivity index (χ1) is 15.0. The first-order valence-corrected chi connectivity index (χ1v) is 10.9. The first-order valence-electron chi connectivity index (χ1n) is 10.9. The van der Waals surface area contributed by atoms with Crippen molar-refractivity contribution in [3.63, 3.8) is 0 Å². The molecule has 1 saturated carbocycles. The number of nitrogens with zero attached hydrogens (tertiary/aromatic N) is 3. The Bertz CT molecular complexity index is 1040. The number of Topliss-reactive ketones (excluding diaryl/α,β-unsaturated/α-hetero) is 1. The van der Waals surface area contributed by atoms with Crippen molar-refractivity contribution in [1.29, 1.82) is 0 Å². The molecule has 4 heterocycles. The summed E-state index contributed by atoms with van der Waals surface area (Å²) in [6, 6.07) is 1.74. The number of carbonyl (C=O) groups is 2. The van der Waals surface area contributed by atoms with Crippen molar-refractivity contribution in [2.75, 3.05) is 41.8 Å². The molecular formula is C23H27N5O3. The van der Waals surface area contributed by atoms with Crippen molar-refractivity contribution in [3.05, 3.63) is 35.8 Å². The van der Waals surface area contributed by atoms with E-state index in [1.54, 1.807) is 18.5 Å². The van der Waals surface area contributed by atoms with Crippen LogP contribution in [0.4, 0.5) is 22.9 Å². The van der Waals surface area contributed by atoms with E-state index >= 15 is 0 Å². The number of ether oxygens (including phenoxy) is 1. The molecule has 162 valence electrons. The molecule has 0 radical (unpaired) electrons. The van der Waals surface area contributed by atoms with Gasteiger partial charge in [-0.25, -0.2) is 4.98 Å². The largest absolute Gasteiger partial charge is 0.380 e. The molecule has 2 saturated heterocycles. The lowest BCUT2D eigenvalue weighted by molar-refractivity contribution is -0.127. The second-order valence-corrected chi connectivity index (χ2v) is 8.96. The van der Waals surface area contributed by atoms with Gasteiger partial charge in [-0.3, -0.25) is 14.6 Å². The number of hydrogen-bond donors (Lipinski definition) is 2. The fraction of sp³-hybridized carbons (Fsp3) is 0.478. The van der Waals surface area contributed by atoms with Crippen LogP contribution in [0.15, 0.2) is 24.7 Å². The van der Waals surface area contributed by atoms with Crippen molar-refractivity contribution >= 4 is 34.6 Å². The summed E-state index contributed by atoms with van der Waals surface area (Å²) < 4.78 is 5.38. The summed E-state index contributed by atoms with van der Waals surface area (Å²) in [7, 11) is 0. The Kier molecular flexibility index (Phi) is 4.89. The zero-order valence-electron chi connectivity index (χ0n) is 17.9. The van der Waals surface area contributed by atoms with Crippen LogP contribution in [0.5, 0.6) is 0 Å². The molecular weight excluding hydrogens is 394 g/mol. The molecule has 2 aliphatic heterocycles. The summed E-state index contributed by atoms with van der Waals surface area (Å²) in [4.78, 5) is 35.7. The molecule has 0 aromatic carbocycles. The predicted octanol–water partition coefficient (Wildman–Crippen LogP) is 3.31. The van der Waals surface area contributed by atoms with Gasteiger partial charge in [-0.05, 0) is 25.3 Å². The third-order valence-electron chi connectivity index (χ3n) is 6.39. The van der Waals surface area contributed by atoms with Gasteiger partial charge in [-0.15, -0.1) is 0 Å². The standard InChI is InChI=1S/C23H27N5O3/c1-3-20(29)16-7-25-21(27-22(30)15-4-5-15)6-17(16)26-18-8-24-9-19(14(18)2)28-10-23(11-28)12-31-13-23/h6-9,15H,3-5,10-13H2,1-2H3,(H2,25,26,27,30). The highest BCUT2D eigenvalue weighted by atomic mass is 16.5. The Hall–Kier alpha value is -3.00. The fourth-order valence-corrected chi connectivity index (χ4v) is 4.22. The summed E-state index contributed by atoms with van der Waals surface area (Å²) in [6.07, 6.45) is 7.41. The van der Waals surface area contributed by atoms with Crippen LogP contribution in [-0.4, -0.2) is 48.0 Å². The van der Waals surface area contributed by atoms with Crippen molar-refractivity contribution in [2.24, 2.45) is 11.3 Å². The highest BCUT2D eigenvalue weighted by Crippen LogP contribution is 2.42. The molecule has 5 rings (SSSR count). The number of anilines is 4. The summed E-state index contributed by atoms with van der Waals surface area (Å²) in [6.45, 7) is 7.51. The highest BCUT2D eigenvalue weighted by Gasteiger charge is 2.49. The third kappa shape index (κ3) is 3.76. The van der Waals surface area contributed by atoms with E-state index in [-0.39, 0.29) is 17.6 Å². The molecule has 8 nitrogen and oxygen atoms in total. The van der Waals surface area contributed by atoms with Gasteiger partial charge < -0.3 is 20.3 Å². The molecule has 2 aromatic heterocycles. The lowest BCUT2D eigenvalue weighted by Crippen LogP contribution is -2.66. The van der Waals surface area contributed by atoms with Gasteiger partial charge in [-0.1, -0.05) is 6.92 Å². The summed E-state index contributed by atoms with van der Waals surface area (Å²) >= 11 is 0. The number of rotatable bonds is 7. The van der Waals surface area contributed by atoms with Crippen molar-refractivity contribution in [3.8, 4) is 0 Å². The van der Waals surface area contributed by atoms with Crippen LogP contribution in [0, 0.1) is 18.3 Å². The number of nitrogens with one attached hydrogen (secondary N) is 2. The second-order valence-electron chi connectivity index (χ2n) is 8.96. The predicted molar refractivity (Wildman–Crippen MR) is 118 cm³/mol. The van der Waals surface area contributed by atoms with Gasteiger partial charge in [0.15, 0.2) is 5.78 Å². The zero-order chi connectivity index (χ0) is 21.6. The molecule has 3 fully saturated rings. The number of aromatic nitrogens is 2. The van der Waals surface area contributed by atoms with Crippen LogP contribution in [-0.2, 0) is 9.53 Å². The van der Waals surface area contributed by atoms with Crippen molar-refractivity contribution in [1.82, 2.24) is 9.97 Å². The average molecular weight is 422 g/mol. The number of amides is 1. The summed E-state index contributed by atoms with van der Waals surface area (Å²) in [5, 5.41) is 6.24. The summed E-state index contributed by atoms with van der Waals surface area (Å²) in [5.74, 6) is 0.508. The molecule has 1 amide bonds. The van der Waals surface area contributed by atoms with Crippen molar-refractivity contribution in [2.45, 2.75) is 33.1 Å². The van der Waals surface area contributed by atoms with Gasteiger partial charge in [0, 0.05) is 37.7 Å². The van der Waals surface area contributed by atoms with E-state index in [0.717, 1.165) is 56.1 Å². The molecule has 2 aromatic rings. The zero-order valence-corrected chi connectivity index (χ0v) is 17.9. The van der Waals surface area contributed by atoms with Crippen LogP contribution in [0.1, 0.15) is 42.1 Å². The molecule has 0 bridgehead atoms. The molecule has 3 aliphatic rings. The maximum Gasteiger partial charge on any atom is 0.228 e. The van der Waals surface area contributed by atoms with Gasteiger partial charge in [0.05, 0.1) is 53.6 Å². The normalized spacial score (nSPS) is 18.8. The second kappa shape index (κ2) is 7.60. The topological polar surface area (TPSA) is 96.5 Å². The molecule has 1 aliphatic carbocycles.